The number of hydrogen-bond donors (Lipinski definition) is 0. The molecular weight excluding hydrogens is 678 g/mol. The standard InChI is InChI=1S/C9H9Br6N3O3/c10-4(11)1-16-7(19)17(2-5(12)13)9(21)18(8(16)20)3-6(14)15/h4-6H,1-3H2. The van der Waals surface area contributed by atoms with Gasteiger partial charge in [0.1, 0.15) is 0 Å². The second-order valence-corrected chi connectivity index (χ2v) is 14.2. The van der Waals surface area contributed by atoms with E-state index in [4.69, 9.17) is 0 Å². The van der Waals surface area contributed by atoms with Crippen LogP contribution < -0.4 is 17.1 Å². The van der Waals surface area contributed by atoms with Crippen LogP contribution in [0.1, 0.15) is 0 Å². The molecule has 0 atom stereocenters. The van der Waals surface area contributed by atoms with Gasteiger partial charge in [-0.05, 0) is 0 Å². The third kappa shape index (κ3) is 5.70. The highest BCUT2D eigenvalue weighted by molar-refractivity contribution is 9.25. The highest BCUT2D eigenvalue weighted by Gasteiger charge is 2.19. The number of rotatable bonds is 6. The molecule has 0 saturated heterocycles. The highest BCUT2D eigenvalue weighted by atomic mass is 79.9. The molecule has 1 heterocycles. The van der Waals surface area contributed by atoms with Crippen LogP contribution in [0.2, 0.25) is 0 Å². The van der Waals surface area contributed by atoms with E-state index in [2.05, 4.69) is 95.6 Å². The molecule has 12 heteroatoms. The Bertz CT molecular complexity index is 541. The number of aromatic nitrogens is 3. The Balaban J connectivity index is 3.62. The Morgan fingerprint density at radius 2 is 0.762 bits per heavy atom. The minimum atomic E-state index is -0.644. The largest absolute Gasteiger partial charge is 0.336 e. The van der Waals surface area contributed by atoms with E-state index in [-0.39, 0.29) is 30.8 Å². The van der Waals surface area contributed by atoms with Crippen molar-refractivity contribution in [3.63, 3.8) is 0 Å². The van der Waals surface area contributed by atoms with Gasteiger partial charge in [0.05, 0.1) is 30.8 Å². The number of halogens is 6. The van der Waals surface area contributed by atoms with Crippen LogP contribution in [0.25, 0.3) is 0 Å². The van der Waals surface area contributed by atoms with E-state index in [1.807, 2.05) is 0 Å². The minimum Gasteiger partial charge on any atom is -0.247 e. The average molecular weight is 687 g/mol. The summed E-state index contributed by atoms with van der Waals surface area (Å²) in [7, 11) is 0. The van der Waals surface area contributed by atoms with Crippen LogP contribution in [0.15, 0.2) is 14.4 Å². The normalized spacial score (nSPS) is 11.9. The van der Waals surface area contributed by atoms with Crippen LogP contribution in [0.5, 0.6) is 0 Å². The van der Waals surface area contributed by atoms with Crippen molar-refractivity contribution < 1.29 is 0 Å². The zero-order valence-electron chi connectivity index (χ0n) is 10.2. The van der Waals surface area contributed by atoms with Crippen molar-refractivity contribution in [2.75, 3.05) is 0 Å². The van der Waals surface area contributed by atoms with Crippen molar-refractivity contribution in [2.24, 2.45) is 0 Å². The molecule has 0 aromatic carbocycles. The van der Waals surface area contributed by atoms with Gasteiger partial charge >= 0.3 is 17.1 Å². The first-order chi connectivity index (χ1) is 9.65. The summed E-state index contributed by atoms with van der Waals surface area (Å²) < 4.78 is 2.26. The molecule has 0 aliphatic carbocycles. The van der Waals surface area contributed by atoms with Crippen LogP contribution in [0.3, 0.4) is 0 Å². The first-order valence-corrected chi connectivity index (χ1v) is 10.9. The summed E-state index contributed by atoms with van der Waals surface area (Å²) in [6, 6.07) is 0. The predicted molar refractivity (Wildman–Crippen MR) is 104 cm³/mol. The molecule has 0 fully saturated rings. The van der Waals surface area contributed by atoms with Crippen molar-refractivity contribution in [1.29, 1.82) is 0 Å². The predicted octanol–water partition coefficient (Wildman–Crippen LogP) is 2.52. The Morgan fingerprint density at radius 1 is 0.571 bits per heavy atom. The Kier molecular flexibility index (Phi) is 8.67. The van der Waals surface area contributed by atoms with E-state index >= 15 is 0 Å². The summed E-state index contributed by atoms with van der Waals surface area (Å²) in [6.45, 7) is 0.299. The molecule has 1 aromatic heterocycles. The van der Waals surface area contributed by atoms with Crippen molar-refractivity contribution in [2.45, 2.75) is 30.8 Å². The quantitative estimate of drug-likeness (QED) is 0.433. The van der Waals surface area contributed by atoms with Crippen LogP contribution in [0, 0.1) is 0 Å². The van der Waals surface area contributed by atoms with Gasteiger partial charge in [0.15, 0.2) is 0 Å². The lowest BCUT2D eigenvalue weighted by Gasteiger charge is -2.15. The second-order valence-electron chi connectivity index (χ2n) is 3.85. The van der Waals surface area contributed by atoms with E-state index < -0.39 is 17.1 Å². The maximum Gasteiger partial charge on any atom is 0.336 e. The molecule has 1 aromatic rings. The van der Waals surface area contributed by atoms with Gasteiger partial charge in [-0.2, -0.15) is 0 Å². The lowest BCUT2D eigenvalue weighted by Crippen LogP contribution is -2.55. The van der Waals surface area contributed by atoms with Gasteiger partial charge < -0.3 is 0 Å². The summed E-state index contributed by atoms with van der Waals surface area (Å²) in [5.74, 6) is 0. The van der Waals surface area contributed by atoms with Gasteiger partial charge in [-0.25, -0.2) is 28.1 Å². The maximum atomic E-state index is 12.3. The van der Waals surface area contributed by atoms with E-state index in [1.165, 1.54) is 0 Å². The summed E-state index contributed by atoms with van der Waals surface area (Å²) in [6.07, 6.45) is 0. The molecule has 0 saturated carbocycles. The molecule has 0 aliphatic rings. The fourth-order valence-corrected chi connectivity index (χ4v) is 3.30. The molecule has 6 nitrogen and oxygen atoms in total. The molecule has 0 unspecified atom stereocenters. The smallest absolute Gasteiger partial charge is 0.247 e. The molecule has 0 aliphatic heterocycles. The molecule has 0 spiro atoms. The Morgan fingerprint density at radius 3 is 0.905 bits per heavy atom. The maximum absolute atomic E-state index is 12.3. The zero-order valence-corrected chi connectivity index (χ0v) is 19.7. The lowest BCUT2D eigenvalue weighted by atomic mass is 10.6. The van der Waals surface area contributed by atoms with Crippen molar-refractivity contribution >= 4 is 95.6 Å². The molecule has 120 valence electrons. The van der Waals surface area contributed by atoms with E-state index in [1.54, 1.807) is 0 Å². The van der Waals surface area contributed by atoms with Gasteiger partial charge in [0.2, 0.25) is 0 Å². The van der Waals surface area contributed by atoms with Crippen molar-refractivity contribution in [1.82, 2.24) is 13.7 Å². The molecule has 21 heavy (non-hydrogen) atoms. The van der Waals surface area contributed by atoms with E-state index in [9.17, 15) is 14.4 Å². The first kappa shape index (κ1) is 20.3. The SMILES string of the molecule is O=c1n(CC(Br)Br)c(=O)n(CC(Br)Br)c(=O)n1CC(Br)Br. The summed E-state index contributed by atoms with van der Waals surface area (Å²) in [5.41, 5.74) is -1.93. The van der Waals surface area contributed by atoms with Crippen molar-refractivity contribution in [3.8, 4) is 0 Å². The van der Waals surface area contributed by atoms with Crippen LogP contribution in [-0.4, -0.2) is 24.9 Å². The highest BCUT2D eigenvalue weighted by Crippen LogP contribution is 2.11. The second kappa shape index (κ2) is 8.95. The molecule has 0 amide bonds. The Labute approximate surface area is 170 Å². The first-order valence-electron chi connectivity index (χ1n) is 5.44. The summed E-state index contributed by atoms with van der Waals surface area (Å²) in [4.78, 5) is 37.0. The Hall–Kier alpha value is 1.29. The minimum absolute atomic E-state index is 0.0996. The average Bonchev–Trinajstić information content (AvgIpc) is 2.35. The van der Waals surface area contributed by atoms with Gasteiger partial charge in [-0.1, -0.05) is 95.6 Å². The van der Waals surface area contributed by atoms with Crippen LogP contribution >= 0.6 is 95.6 Å². The topological polar surface area (TPSA) is 66.0 Å². The molecule has 0 radical (unpaired) electrons. The van der Waals surface area contributed by atoms with E-state index in [0.717, 1.165) is 13.7 Å². The molecule has 0 N–H and O–H groups in total. The number of nitrogens with zero attached hydrogens (tertiary/aromatic N) is 3. The monoisotopic (exact) mass is 681 g/mol. The lowest BCUT2D eigenvalue weighted by molar-refractivity contribution is 0.471. The zero-order chi connectivity index (χ0) is 16.3. The van der Waals surface area contributed by atoms with Gasteiger partial charge in [0.25, 0.3) is 0 Å². The fraction of sp³-hybridized carbons (Fsp3) is 0.667. The third-order valence-corrected chi connectivity index (χ3v) is 4.08. The molecule has 0 bridgehead atoms. The third-order valence-electron chi connectivity index (χ3n) is 2.35. The fourth-order valence-electron chi connectivity index (χ4n) is 1.57. The van der Waals surface area contributed by atoms with Crippen molar-refractivity contribution in [3.05, 3.63) is 31.5 Å². The molecule has 1 rings (SSSR count). The summed E-state index contributed by atoms with van der Waals surface area (Å²) in [5, 5.41) is 0. The van der Waals surface area contributed by atoms with Crippen LogP contribution in [0.4, 0.5) is 0 Å². The van der Waals surface area contributed by atoms with Gasteiger partial charge in [-0.3, -0.25) is 0 Å². The van der Waals surface area contributed by atoms with Gasteiger partial charge in [-0.15, -0.1) is 0 Å². The molecular formula is C9H9Br6N3O3. The van der Waals surface area contributed by atoms with Crippen LogP contribution in [-0.2, 0) is 19.6 Å². The number of hydrogen-bond acceptors (Lipinski definition) is 3. The van der Waals surface area contributed by atoms with Gasteiger partial charge in [0, 0.05) is 0 Å². The summed E-state index contributed by atoms with van der Waals surface area (Å²) >= 11 is 19.4. The number of alkyl halides is 6. The van der Waals surface area contributed by atoms with E-state index in [0.29, 0.717) is 0 Å².